The standard InChI is InChI=1S/C6H13N5/c1-6(2,3)11-5(7-4)8-9-10-11/h1-4H3,(H,7,8,10). The molecule has 0 amide bonds. The Kier molecular flexibility index (Phi) is 1.80. The van der Waals surface area contributed by atoms with Crippen molar-refractivity contribution in [3.05, 3.63) is 0 Å². The first-order valence-corrected chi connectivity index (χ1v) is 3.52. The van der Waals surface area contributed by atoms with Crippen molar-refractivity contribution in [3.8, 4) is 0 Å². The minimum Gasteiger partial charge on any atom is -0.356 e. The largest absolute Gasteiger partial charge is 0.356 e. The van der Waals surface area contributed by atoms with Crippen LogP contribution < -0.4 is 5.32 Å². The van der Waals surface area contributed by atoms with E-state index in [-0.39, 0.29) is 5.54 Å². The fraction of sp³-hybridized carbons (Fsp3) is 0.833. The number of rotatable bonds is 1. The molecule has 0 spiro atoms. The summed E-state index contributed by atoms with van der Waals surface area (Å²) in [6.07, 6.45) is 0. The van der Waals surface area contributed by atoms with Gasteiger partial charge in [0.2, 0.25) is 5.95 Å². The van der Waals surface area contributed by atoms with Gasteiger partial charge in [0, 0.05) is 7.05 Å². The van der Waals surface area contributed by atoms with Crippen molar-refractivity contribution in [3.63, 3.8) is 0 Å². The summed E-state index contributed by atoms with van der Waals surface area (Å²) in [7, 11) is 1.80. The second-order valence-electron chi connectivity index (χ2n) is 3.34. The van der Waals surface area contributed by atoms with E-state index in [0.29, 0.717) is 5.95 Å². The molecule has 1 aromatic heterocycles. The predicted octanol–water partition coefficient (Wildman–Crippen LogP) is 0.470. The molecular formula is C6H13N5. The number of tetrazole rings is 1. The van der Waals surface area contributed by atoms with Gasteiger partial charge in [-0.3, -0.25) is 0 Å². The second-order valence-corrected chi connectivity index (χ2v) is 3.34. The molecule has 0 aromatic carbocycles. The van der Waals surface area contributed by atoms with Crippen molar-refractivity contribution in [1.82, 2.24) is 20.2 Å². The van der Waals surface area contributed by atoms with Gasteiger partial charge in [-0.25, -0.2) is 4.68 Å². The molecule has 0 atom stereocenters. The zero-order valence-electron chi connectivity index (χ0n) is 7.29. The maximum Gasteiger partial charge on any atom is 0.243 e. The van der Waals surface area contributed by atoms with Crippen molar-refractivity contribution >= 4 is 5.95 Å². The van der Waals surface area contributed by atoms with Crippen molar-refractivity contribution in [2.24, 2.45) is 0 Å². The third kappa shape index (κ3) is 1.47. The molecule has 5 nitrogen and oxygen atoms in total. The van der Waals surface area contributed by atoms with E-state index in [1.165, 1.54) is 0 Å². The van der Waals surface area contributed by atoms with Crippen LogP contribution in [0.25, 0.3) is 0 Å². The molecule has 1 heterocycles. The smallest absolute Gasteiger partial charge is 0.243 e. The van der Waals surface area contributed by atoms with E-state index in [4.69, 9.17) is 0 Å². The van der Waals surface area contributed by atoms with Crippen LogP contribution in [-0.2, 0) is 5.54 Å². The first kappa shape index (κ1) is 7.97. The highest BCUT2D eigenvalue weighted by Gasteiger charge is 2.18. The van der Waals surface area contributed by atoms with Crippen LogP contribution in [-0.4, -0.2) is 27.3 Å². The van der Waals surface area contributed by atoms with E-state index >= 15 is 0 Å². The van der Waals surface area contributed by atoms with Crippen LogP contribution in [0, 0.1) is 0 Å². The summed E-state index contributed by atoms with van der Waals surface area (Å²) in [6.45, 7) is 6.14. The van der Waals surface area contributed by atoms with E-state index in [9.17, 15) is 0 Å². The topological polar surface area (TPSA) is 55.6 Å². The van der Waals surface area contributed by atoms with Gasteiger partial charge in [0.25, 0.3) is 0 Å². The van der Waals surface area contributed by atoms with Crippen molar-refractivity contribution in [2.45, 2.75) is 26.3 Å². The summed E-state index contributed by atoms with van der Waals surface area (Å²) in [5.74, 6) is 0.692. The first-order valence-electron chi connectivity index (χ1n) is 3.52. The Balaban J connectivity index is 3.02. The van der Waals surface area contributed by atoms with Crippen LogP contribution in [0.4, 0.5) is 5.95 Å². The molecule has 11 heavy (non-hydrogen) atoms. The van der Waals surface area contributed by atoms with Gasteiger partial charge in [0.1, 0.15) is 0 Å². The molecule has 0 aliphatic carbocycles. The zero-order chi connectivity index (χ0) is 8.48. The molecule has 0 bridgehead atoms. The second kappa shape index (κ2) is 2.48. The molecule has 5 heteroatoms. The molecule has 1 aromatic rings. The Bertz CT molecular complexity index is 233. The highest BCUT2D eigenvalue weighted by Crippen LogP contribution is 2.15. The lowest BCUT2D eigenvalue weighted by Gasteiger charge is -2.19. The molecule has 62 valence electrons. The van der Waals surface area contributed by atoms with Gasteiger partial charge in [0.15, 0.2) is 0 Å². The Morgan fingerprint density at radius 2 is 2.00 bits per heavy atom. The Hall–Kier alpha value is -1.13. The molecule has 1 rings (SSSR count). The number of hydrogen-bond acceptors (Lipinski definition) is 4. The third-order valence-electron chi connectivity index (χ3n) is 1.33. The summed E-state index contributed by atoms with van der Waals surface area (Å²) < 4.78 is 1.74. The fourth-order valence-electron chi connectivity index (χ4n) is 0.795. The van der Waals surface area contributed by atoms with Gasteiger partial charge in [0.05, 0.1) is 5.54 Å². The van der Waals surface area contributed by atoms with Gasteiger partial charge in [-0.05, 0) is 31.2 Å². The van der Waals surface area contributed by atoms with E-state index in [0.717, 1.165) is 0 Å². The molecular weight excluding hydrogens is 142 g/mol. The molecule has 0 aliphatic rings. The summed E-state index contributed by atoms with van der Waals surface area (Å²) in [5.41, 5.74) is -0.0676. The van der Waals surface area contributed by atoms with Crippen LogP contribution >= 0.6 is 0 Å². The average molecular weight is 155 g/mol. The van der Waals surface area contributed by atoms with E-state index in [1.807, 2.05) is 20.8 Å². The quantitative estimate of drug-likeness (QED) is 0.640. The van der Waals surface area contributed by atoms with Crippen LogP contribution in [0.2, 0.25) is 0 Å². The summed E-state index contributed by atoms with van der Waals surface area (Å²) in [6, 6.07) is 0. The zero-order valence-corrected chi connectivity index (χ0v) is 7.29. The van der Waals surface area contributed by atoms with Crippen molar-refractivity contribution < 1.29 is 0 Å². The number of anilines is 1. The first-order chi connectivity index (χ1) is 5.05. The molecule has 0 unspecified atom stereocenters. The maximum absolute atomic E-state index is 3.85. The summed E-state index contributed by atoms with van der Waals surface area (Å²) >= 11 is 0. The molecule has 0 fully saturated rings. The lowest BCUT2D eigenvalue weighted by molar-refractivity contribution is 0.351. The normalized spacial score (nSPS) is 11.6. The number of aromatic nitrogens is 4. The summed E-state index contributed by atoms with van der Waals surface area (Å²) in [5, 5.41) is 14.1. The van der Waals surface area contributed by atoms with Crippen LogP contribution in [0.15, 0.2) is 0 Å². The average Bonchev–Trinajstić information content (AvgIpc) is 2.31. The minimum absolute atomic E-state index is 0.0676. The third-order valence-corrected chi connectivity index (χ3v) is 1.33. The fourth-order valence-corrected chi connectivity index (χ4v) is 0.795. The van der Waals surface area contributed by atoms with E-state index in [1.54, 1.807) is 11.7 Å². The van der Waals surface area contributed by atoms with Gasteiger partial charge < -0.3 is 5.32 Å². The Morgan fingerprint density at radius 3 is 2.36 bits per heavy atom. The molecule has 0 aliphatic heterocycles. The number of nitrogens with zero attached hydrogens (tertiary/aromatic N) is 4. The molecule has 0 radical (unpaired) electrons. The highest BCUT2D eigenvalue weighted by molar-refractivity contribution is 5.20. The molecule has 0 saturated carbocycles. The predicted molar refractivity (Wildman–Crippen MR) is 42.4 cm³/mol. The molecule has 1 N–H and O–H groups in total. The monoisotopic (exact) mass is 155 g/mol. The van der Waals surface area contributed by atoms with Gasteiger partial charge >= 0.3 is 0 Å². The molecule has 0 saturated heterocycles. The van der Waals surface area contributed by atoms with Crippen LogP contribution in [0.1, 0.15) is 20.8 Å². The van der Waals surface area contributed by atoms with Crippen molar-refractivity contribution in [1.29, 1.82) is 0 Å². The van der Waals surface area contributed by atoms with Crippen molar-refractivity contribution in [2.75, 3.05) is 12.4 Å². The SMILES string of the molecule is CNc1nnnn1C(C)(C)C. The van der Waals surface area contributed by atoms with E-state index < -0.39 is 0 Å². The maximum atomic E-state index is 3.85. The van der Waals surface area contributed by atoms with Gasteiger partial charge in [-0.1, -0.05) is 5.10 Å². The van der Waals surface area contributed by atoms with Crippen LogP contribution in [0.3, 0.4) is 0 Å². The Morgan fingerprint density at radius 1 is 1.36 bits per heavy atom. The van der Waals surface area contributed by atoms with Gasteiger partial charge in [-0.2, -0.15) is 0 Å². The highest BCUT2D eigenvalue weighted by atomic mass is 15.6. The van der Waals surface area contributed by atoms with Crippen LogP contribution in [0.5, 0.6) is 0 Å². The Labute approximate surface area is 65.8 Å². The van der Waals surface area contributed by atoms with Gasteiger partial charge in [-0.15, -0.1) is 0 Å². The van der Waals surface area contributed by atoms with E-state index in [2.05, 4.69) is 20.8 Å². The summed E-state index contributed by atoms with van der Waals surface area (Å²) in [4.78, 5) is 0. The number of hydrogen-bond donors (Lipinski definition) is 1. The lowest BCUT2D eigenvalue weighted by atomic mass is 10.1. The minimum atomic E-state index is -0.0676. The number of nitrogens with one attached hydrogen (secondary N) is 1. The lowest BCUT2D eigenvalue weighted by Crippen LogP contribution is -2.24.